The van der Waals surface area contributed by atoms with Gasteiger partial charge in [0.05, 0.1) is 13.2 Å². The van der Waals surface area contributed by atoms with E-state index in [2.05, 4.69) is 16.3 Å². The van der Waals surface area contributed by atoms with Crippen LogP contribution in [-0.2, 0) is 11.3 Å². The number of piperidine rings is 1. The molecule has 0 radical (unpaired) electrons. The molecule has 0 aromatic heterocycles. The normalized spacial score (nSPS) is 21.9. The molecule has 2 aliphatic rings. The van der Waals surface area contributed by atoms with Crippen LogP contribution in [0.15, 0.2) is 24.3 Å². The largest absolute Gasteiger partial charge is 0.496 e. The van der Waals surface area contributed by atoms with Gasteiger partial charge in [0.1, 0.15) is 5.75 Å². The lowest BCUT2D eigenvalue weighted by Crippen LogP contribution is -2.49. The lowest BCUT2D eigenvalue weighted by atomic mass is 10.0. The van der Waals surface area contributed by atoms with E-state index in [9.17, 15) is 4.79 Å². The van der Waals surface area contributed by atoms with E-state index in [0.29, 0.717) is 12.6 Å². The molecular formula is C17H24N2O2. The van der Waals surface area contributed by atoms with Crippen molar-refractivity contribution in [2.75, 3.05) is 13.7 Å². The van der Waals surface area contributed by atoms with Gasteiger partial charge in [-0.3, -0.25) is 4.79 Å². The van der Waals surface area contributed by atoms with Crippen LogP contribution in [0.25, 0.3) is 0 Å². The van der Waals surface area contributed by atoms with E-state index in [4.69, 9.17) is 4.74 Å². The van der Waals surface area contributed by atoms with Crippen LogP contribution in [0.2, 0.25) is 0 Å². The van der Waals surface area contributed by atoms with Gasteiger partial charge in [-0.1, -0.05) is 24.6 Å². The third kappa shape index (κ3) is 3.38. The summed E-state index contributed by atoms with van der Waals surface area (Å²) in [6.07, 6.45) is 5.56. The van der Waals surface area contributed by atoms with Crippen molar-refractivity contribution in [3.63, 3.8) is 0 Å². The summed E-state index contributed by atoms with van der Waals surface area (Å²) in [5.74, 6) is 1.13. The Morgan fingerprint density at radius 2 is 2.10 bits per heavy atom. The molecule has 1 aromatic rings. The van der Waals surface area contributed by atoms with Gasteiger partial charge in [0, 0.05) is 18.2 Å². The van der Waals surface area contributed by atoms with Crippen LogP contribution < -0.4 is 10.1 Å². The first-order valence-electron chi connectivity index (χ1n) is 7.95. The van der Waals surface area contributed by atoms with E-state index < -0.39 is 0 Å². The minimum atomic E-state index is 0.00839. The average molecular weight is 288 g/mol. The number of methoxy groups -OCH3 is 1. The average Bonchev–Trinajstić information content (AvgIpc) is 3.38. The summed E-state index contributed by atoms with van der Waals surface area (Å²) in [6, 6.07) is 8.42. The molecule has 1 N–H and O–H groups in total. The number of hydrogen-bond donors (Lipinski definition) is 1. The van der Waals surface area contributed by atoms with Crippen LogP contribution in [0, 0.1) is 0 Å². The van der Waals surface area contributed by atoms with Gasteiger partial charge in [-0.2, -0.15) is 0 Å². The number of amides is 1. The van der Waals surface area contributed by atoms with Crippen LogP contribution in [0.1, 0.15) is 37.7 Å². The molecule has 1 heterocycles. The number of nitrogens with one attached hydrogen (secondary N) is 1. The fraction of sp³-hybridized carbons (Fsp3) is 0.588. The number of nitrogens with zero attached hydrogens (tertiary/aromatic N) is 1. The van der Waals surface area contributed by atoms with Crippen LogP contribution in [0.3, 0.4) is 0 Å². The number of para-hydroxylation sites is 1. The van der Waals surface area contributed by atoms with E-state index in [0.717, 1.165) is 43.5 Å². The third-order valence-electron chi connectivity index (χ3n) is 4.41. The summed E-state index contributed by atoms with van der Waals surface area (Å²) in [7, 11) is 1.69. The minimum absolute atomic E-state index is 0.00839. The highest BCUT2D eigenvalue weighted by Gasteiger charge is 2.36. The lowest BCUT2D eigenvalue weighted by Gasteiger charge is -2.30. The zero-order valence-electron chi connectivity index (χ0n) is 12.7. The maximum Gasteiger partial charge on any atom is 0.240 e. The van der Waals surface area contributed by atoms with E-state index in [1.165, 1.54) is 6.42 Å². The highest BCUT2D eigenvalue weighted by molar-refractivity contribution is 5.82. The second-order valence-corrected chi connectivity index (χ2v) is 6.01. The molecule has 21 heavy (non-hydrogen) atoms. The first-order chi connectivity index (χ1) is 10.3. The fourth-order valence-corrected chi connectivity index (χ4v) is 3.05. The lowest BCUT2D eigenvalue weighted by molar-refractivity contribution is -0.135. The molecule has 1 saturated heterocycles. The van der Waals surface area contributed by atoms with Gasteiger partial charge in [-0.25, -0.2) is 0 Å². The highest BCUT2D eigenvalue weighted by atomic mass is 16.5. The minimum Gasteiger partial charge on any atom is -0.496 e. The second kappa shape index (κ2) is 6.48. The molecule has 4 nitrogen and oxygen atoms in total. The Hall–Kier alpha value is -1.55. The zero-order chi connectivity index (χ0) is 14.7. The summed E-state index contributed by atoms with van der Waals surface area (Å²) >= 11 is 0. The quantitative estimate of drug-likeness (QED) is 0.904. The van der Waals surface area contributed by atoms with Gasteiger partial charge < -0.3 is 15.0 Å². The number of rotatable bonds is 5. The standard InChI is InChI=1S/C17H24N2O2/c1-21-16-8-3-2-6-13(16)12-19(14-9-10-14)17(20)15-7-4-5-11-18-15/h2-3,6,8,14-15,18H,4-5,7,9-12H2,1H3/t15-/m1/s1. The van der Waals surface area contributed by atoms with Crippen molar-refractivity contribution in [2.45, 2.75) is 50.7 Å². The first-order valence-corrected chi connectivity index (χ1v) is 7.95. The van der Waals surface area contributed by atoms with Gasteiger partial charge in [-0.15, -0.1) is 0 Å². The molecule has 1 saturated carbocycles. The predicted octanol–water partition coefficient (Wildman–Crippen LogP) is 2.33. The number of hydrogen-bond acceptors (Lipinski definition) is 3. The molecule has 0 unspecified atom stereocenters. The molecule has 1 amide bonds. The molecule has 4 heteroatoms. The number of carbonyl (C=O) groups is 1. The molecule has 1 aromatic carbocycles. The highest BCUT2D eigenvalue weighted by Crippen LogP contribution is 2.31. The van der Waals surface area contributed by atoms with Crippen LogP contribution in [-0.4, -0.2) is 36.5 Å². The van der Waals surface area contributed by atoms with Gasteiger partial charge in [0.2, 0.25) is 5.91 Å². The van der Waals surface area contributed by atoms with Crippen LogP contribution in [0.4, 0.5) is 0 Å². The number of carbonyl (C=O) groups excluding carboxylic acids is 1. The SMILES string of the molecule is COc1ccccc1CN(C(=O)[C@H]1CCCCN1)C1CC1. The summed E-state index contributed by atoms with van der Waals surface area (Å²) < 4.78 is 5.42. The van der Waals surface area contributed by atoms with Crippen molar-refractivity contribution < 1.29 is 9.53 Å². The van der Waals surface area contributed by atoms with Crippen molar-refractivity contribution in [1.82, 2.24) is 10.2 Å². The Bertz CT molecular complexity index is 493. The summed E-state index contributed by atoms with van der Waals surface area (Å²) in [5, 5.41) is 3.37. The number of benzene rings is 1. The monoisotopic (exact) mass is 288 g/mol. The second-order valence-electron chi connectivity index (χ2n) is 6.01. The van der Waals surface area contributed by atoms with Gasteiger partial charge >= 0.3 is 0 Å². The number of ether oxygens (including phenoxy) is 1. The topological polar surface area (TPSA) is 41.6 Å². The van der Waals surface area contributed by atoms with Crippen molar-refractivity contribution in [3.8, 4) is 5.75 Å². The van der Waals surface area contributed by atoms with E-state index in [-0.39, 0.29) is 11.9 Å². The fourth-order valence-electron chi connectivity index (χ4n) is 3.05. The molecule has 3 rings (SSSR count). The maximum atomic E-state index is 12.8. The molecule has 1 aliphatic heterocycles. The molecule has 2 fully saturated rings. The molecule has 1 atom stereocenters. The summed E-state index contributed by atoms with van der Waals surface area (Å²) in [4.78, 5) is 14.9. The molecule has 1 aliphatic carbocycles. The smallest absolute Gasteiger partial charge is 0.240 e. The predicted molar refractivity (Wildman–Crippen MR) is 82.2 cm³/mol. The Morgan fingerprint density at radius 3 is 2.76 bits per heavy atom. The maximum absolute atomic E-state index is 12.8. The summed E-state index contributed by atoms with van der Waals surface area (Å²) in [6.45, 7) is 1.62. The van der Waals surface area contributed by atoms with Gasteiger partial charge in [0.15, 0.2) is 0 Å². The summed E-state index contributed by atoms with van der Waals surface area (Å²) in [5.41, 5.74) is 1.09. The van der Waals surface area contributed by atoms with E-state index in [1.54, 1.807) is 7.11 Å². The van der Waals surface area contributed by atoms with Crippen LogP contribution in [0.5, 0.6) is 5.75 Å². The van der Waals surface area contributed by atoms with E-state index >= 15 is 0 Å². The Balaban J connectivity index is 1.73. The van der Waals surface area contributed by atoms with Gasteiger partial charge in [0.25, 0.3) is 0 Å². The van der Waals surface area contributed by atoms with Crippen molar-refractivity contribution in [1.29, 1.82) is 0 Å². The zero-order valence-corrected chi connectivity index (χ0v) is 12.7. The van der Waals surface area contributed by atoms with Crippen molar-refractivity contribution >= 4 is 5.91 Å². The van der Waals surface area contributed by atoms with Crippen molar-refractivity contribution in [2.24, 2.45) is 0 Å². The van der Waals surface area contributed by atoms with Gasteiger partial charge in [-0.05, 0) is 38.3 Å². The Morgan fingerprint density at radius 1 is 1.29 bits per heavy atom. The molecule has 0 bridgehead atoms. The molecule has 114 valence electrons. The Labute approximate surface area is 126 Å². The molecule has 0 spiro atoms. The Kier molecular flexibility index (Phi) is 4.44. The van der Waals surface area contributed by atoms with Crippen LogP contribution >= 0.6 is 0 Å². The third-order valence-corrected chi connectivity index (χ3v) is 4.41. The van der Waals surface area contributed by atoms with Crippen molar-refractivity contribution in [3.05, 3.63) is 29.8 Å². The first kappa shape index (κ1) is 14.4. The van der Waals surface area contributed by atoms with E-state index in [1.807, 2.05) is 18.2 Å². The molecular weight excluding hydrogens is 264 g/mol.